The first-order valence-corrected chi connectivity index (χ1v) is 6.09. The number of aromatic nitrogens is 1. The van der Waals surface area contributed by atoms with E-state index in [-0.39, 0.29) is 0 Å². The number of anilines is 1. The van der Waals surface area contributed by atoms with E-state index < -0.39 is 0 Å². The number of nitrogen functional groups attached to an aromatic ring is 1. The van der Waals surface area contributed by atoms with Crippen molar-refractivity contribution in [3.8, 4) is 11.6 Å². The van der Waals surface area contributed by atoms with Crippen molar-refractivity contribution in [2.45, 2.75) is 6.92 Å². The first-order valence-electron chi connectivity index (χ1n) is 4.92. The van der Waals surface area contributed by atoms with Gasteiger partial charge < -0.3 is 10.5 Å². The Kier molecular flexibility index (Phi) is 3.54. The standard InChI is InChI=1S/C12H10BrClN2O/c1-7-5-8(13)6-16-12(7)17-11-9(14)3-2-4-10(11)15/h2-6H,15H2,1H3. The van der Waals surface area contributed by atoms with Crippen LogP contribution in [0.15, 0.2) is 34.9 Å². The maximum atomic E-state index is 6.02. The summed E-state index contributed by atoms with van der Waals surface area (Å²) in [5.74, 6) is 0.931. The highest BCUT2D eigenvalue weighted by Gasteiger charge is 2.10. The molecule has 1 aromatic carbocycles. The summed E-state index contributed by atoms with van der Waals surface area (Å²) in [5.41, 5.74) is 7.19. The van der Waals surface area contributed by atoms with Crippen molar-refractivity contribution in [1.82, 2.24) is 4.98 Å². The van der Waals surface area contributed by atoms with E-state index in [9.17, 15) is 0 Å². The van der Waals surface area contributed by atoms with Gasteiger partial charge in [-0.25, -0.2) is 4.98 Å². The topological polar surface area (TPSA) is 48.1 Å². The highest BCUT2D eigenvalue weighted by molar-refractivity contribution is 9.10. The van der Waals surface area contributed by atoms with Crippen LogP contribution in [0.5, 0.6) is 11.6 Å². The number of pyridine rings is 1. The zero-order chi connectivity index (χ0) is 12.4. The molecule has 5 heteroatoms. The second-order valence-corrected chi connectivity index (χ2v) is 4.86. The zero-order valence-electron chi connectivity index (χ0n) is 9.08. The molecule has 0 atom stereocenters. The fourth-order valence-electron chi connectivity index (χ4n) is 1.36. The van der Waals surface area contributed by atoms with Gasteiger partial charge in [0.15, 0.2) is 5.75 Å². The lowest BCUT2D eigenvalue weighted by Gasteiger charge is -2.11. The minimum absolute atomic E-state index is 0.437. The molecule has 0 amide bonds. The summed E-state index contributed by atoms with van der Waals surface area (Å²) in [4.78, 5) is 4.17. The monoisotopic (exact) mass is 312 g/mol. The van der Waals surface area contributed by atoms with Crippen LogP contribution in [0.3, 0.4) is 0 Å². The average Bonchev–Trinajstić information content (AvgIpc) is 2.26. The Morgan fingerprint density at radius 1 is 1.41 bits per heavy atom. The third-order valence-electron chi connectivity index (χ3n) is 2.19. The summed E-state index contributed by atoms with van der Waals surface area (Å²) in [6, 6.07) is 7.14. The fourth-order valence-corrected chi connectivity index (χ4v) is 2.03. The normalized spacial score (nSPS) is 10.3. The third kappa shape index (κ3) is 2.70. The summed E-state index contributed by atoms with van der Waals surface area (Å²) in [6.45, 7) is 1.90. The fraction of sp³-hybridized carbons (Fsp3) is 0.0833. The lowest BCUT2D eigenvalue weighted by atomic mass is 10.3. The highest BCUT2D eigenvalue weighted by Crippen LogP contribution is 2.35. The Hall–Kier alpha value is -1.26. The van der Waals surface area contributed by atoms with Crippen LogP contribution < -0.4 is 10.5 Å². The van der Waals surface area contributed by atoms with Crippen LogP contribution in [0, 0.1) is 6.92 Å². The number of halogens is 2. The first-order chi connectivity index (χ1) is 8.08. The lowest BCUT2D eigenvalue weighted by molar-refractivity contribution is 0.461. The molecule has 0 saturated heterocycles. The van der Waals surface area contributed by atoms with E-state index in [0.29, 0.717) is 22.3 Å². The van der Waals surface area contributed by atoms with E-state index >= 15 is 0 Å². The molecule has 88 valence electrons. The van der Waals surface area contributed by atoms with Crippen molar-refractivity contribution in [2.75, 3.05) is 5.73 Å². The summed E-state index contributed by atoms with van der Waals surface area (Å²) in [6.07, 6.45) is 1.66. The van der Waals surface area contributed by atoms with Crippen molar-refractivity contribution in [3.05, 3.63) is 45.5 Å². The van der Waals surface area contributed by atoms with Crippen LogP contribution in [0.2, 0.25) is 5.02 Å². The van der Waals surface area contributed by atoms with E-state index in [4.69, 9.17) is 22.1 Å². The molecule has 0 aliphatic heterocycles. The van der Waals surface area contributed by atoms with E-state index in [1.807, 2.05) is 13.0 Å². The number of hydrogen-bond donors (Lipinski definition) is 1. The molecular formula is C12H10BrClN2O. The smallest absolute Gasteiger partial charge is 0.222 e. The van der Waals surface area contributed by atoms with Gasteiger partial charge in [0.2, 0.25) is 5.88 Å². The maximum Gasteiger partial charge on any atom is 0.222 e. The second kappa shape index (κ2) is 4.94. The number of ether oxygens (including phenoxy) is 1. The van der Waals surface area contributed by atoms with Crippen molar-refractivity contribution >= 4 is 33.2 Å². The molecular weight excluding hydrogens is 304 g/mol. The number of benzene rings is 1. The molecule has 0 saturated carbocycles. The van der Waals surface area contributed by atoms with Crippen LogP contribution in [0.25, 0.3) is 0 Å². The second-order valence-electron chi connectivity index (χ2n) is 3.54. The first kappa shape index (κ1) is 12.2. The van der Waals surface area contributed by atoms with Crippen LogP contribution in [-0.4, -0.2) is 4.98 Å². The van der Waals surface area contributed by atoms with E-state index in [1.165, 1.54) is 0 Å². The molecule has 2 N–H and O–H groups in total. The van der Waals surface area contributed by atoms with Gasteiger partial charge in [-0.05, 0) is 41.1 Å². The van der Waals surface area contributed by atoms with Gasteiger partial charge in [-0.3, -0.25) is 0 Å². The molecule has 0 bridgehead atoms. The van der Waals surface area contributed by atoms with E-state index in [0.717, 1.165) is 10.0 Å². The summed E-state index contributed by atoms with van der Waals surface area (Å²) in [7, 11) is 0. The minimum Gasteiger partial charge on any atom is -0.435 e. The van der Waals surface area contributed by atoms with Crippen molar-refractivity contribution in [2.24, 2.45) is 0 Å². The highest BCUT2D eigenvalue weighted by atomic mass is 79.9. The Bertz CT molecular complexity index is 540. The van der Waals surface area contributed by atoms with Crippen LogP contribution in [-0.2, 0) is 0 Å². The van der Waals surface area contributed by atoms with Gasteiger partial charge in [-0.1, -0.05) is 17.7 Å². The molecule has 2 rings (SSSR count). The number of rotatable bonds is 2. The van der Waals surface area contributed by atoms with E-state index in [1.54, 1.807) is 24.4 Å². The number of hydrogen-bond acceptors (Lipinski definition) is 3. The number of aryl methyl sites for hydroxylation is 1. The van der Waals surface area contributed by atoms with Crippen molar-refractivity contribution < 1.29 is 4.74 Å². The molecule has 3 nitrogen and oxygen atoms in total. The molecule has 0 aliphatic rings. The Morgan fingerprint density at radius 3 is 2.82 bits per heavy atom. The van der Waals surface area contributed by atoms with Gasteiger partial charge in [0, 0.05) is 16.2 Å². The third-order valence-corrected chi connectivity index (χ3v) is 2.92. The number of para-hydroxylation sites is 1. The molecule has 0 fully saturated rings. The van der Waals surface area contributed by atoms with Crippen molar-refractivity contribution in [3.63, 3.8) is 0 Å². The van der Waals surface area contributed by atoms with Gasteiger partial charge in [0.25, 0.3) is 0 Å². The molecule has 2 aromatic rings. The molecule has 0 aliphatic carbocycles. The summed E-state index contributed by atoms with van der Waals surface area (Å²) in [5, 5.41) is 0.467. The zero-order valence-corrected chi connectivity index (χ0v) is 11.4. The van der Waals surface area contributed by atoms with Gasteiger partial charge in [0.05, 0.1) is 10.7 Å². The Morgan fingerprint density at radius 2 is 2.18 bits per heavy atom. The van der Waals surface area contributed by atoms with Gasteiger partial charge in [-0.2, -0.15) is 0 Å². The number of nitrogens with zero attached hydrogens (tertiary/aromatic N) is 1. The quantitative estimate of drug-likeness (QED) is 0.846. The Balaban J connectivity index is 2.38. The van der Waals surface area contributed by atoms with Crippen LogP contribution in [0.1, 0.15) is 5.56 Å². The van der Waals surface area contributed by atoms with E-state index in [2.05, 4.69) is 20.9 Å². The Labute approximate surface area is 113 Å². The molecule has 1 aromatic heterocycles. The molecule has 1 heterocycles. The average molecular weight is 314 g/mol. The molecule has 0 spiro atoms. The maximum absolute atomic E-state index is 6.02. The molecule has 0 radical (unpaired) electrons. The predicted molar refractivity (Wildman–Crippen MR) is 72.6 cm³/mol. The SMILES string of the molecule is Cc1cc(Br)cnc1Oc1c(N)cccc1Cl. The molecule has 17 heavy (non-hydrogen) atoms. The predicted octanol–water partition coefficient (Wildman–Crippen LogP) is 4.18. The number of nitrogens with two attached hydrogens (primary N) is 1. The van der Waals surface area contributed by atoms with Gasteiger partial charge in [-0.15, -0.1) is 0 Å². The largest absolute Gasteiger partial charge is 0.435 e. The van der Waals surface area contributed by atoms with Crippen molar-refractivity contribution in [1.29, 1.82) is 0 Å². The van der Waals surface area contributed by atoms with Crippen LogP contribution in [0.4, 0.5) is 5.69 Å². The minimum atomic E-state index is 0.437. The van der Waals surface area contributed by atoms with Gasteiger partial charge >= 0.3 is 0 Å². The van der Waals surface area contributed by atoms with Gasteiger partial charge in [0.1, 0.15) is 0 Å². The lowest BCUT2D eigenvalue weighted by Crippen LogP contribution is -1.96. The molecule has 0 unspecified atom stereocenters. The van der Waals surface area contributed by atoms with Crippen LogP contribution >= 0.6 is 27.5 Å². The summed E-state index contributed by atoms with van der Waals surface area (Å²) >= 11 is 9.36. The summed E-state index contributed by atoms with van der Waals surface area (Å²) < 4.78 is 6.53.